The standard InChI is InChI=1S/C51H30N2O3/c1-2-8-31(9-3-1)32-14-18-35(19-15-32)51-52-44-27-21-34-17-16-33-20-22-36(28-43(33)49(34)50(44)56-51)53(37-23-25-41-39-10-4-6-12-45(39)54-47(41)29-37)38-24-26-42-40-11-5-7-13-46(40)55-48(42)30-38/h1-30H. The maximum atomic E-state index is 6.70. The third kappa shape index (κ3) is 4.78. The molecule has 56 heavy (non-hydrogen) atoms. The van der Waals surface area contributed by atoms with Crippen molar-refractivity contribution in [2.24, 2.45) is 0 Å². The van der Waals surface area contributed by atoms with Gasteiger partial charge in [0.25, 0.3) is 0 Å². The van der Waals surface area contributed by atoms with Crippen LogP contribution in [0, 0.1) is 0 Å². The Morgan fingerprint density at radius 2 is 0.875 bits per heavy atom. The number of hydrogen-bond donors (Lipinski definition) is 0. The van der Waals surface area contributed by atoms with Crippen LogP contribution in [0.4, 0.5) is 17.1 Å². The number of aromatic nitrogens is 1. The maximum absolute atomic E-state index is 6.70. The van der Waals surface area contributed by atoms with E-state index in [0.29, 0.717) is 5.89 Å². The first-order chi connectivity index (χ1) is 27.7. The van der Waals surface area contributed by atoms with Crippen LogP contribution in [0.25, 0.3) is 99.1 Å². The number of oxazole rings is 1. The summed E-state index contributed by atoms with van der Waals surface area (Å²) in [6, 6.07) is 63.3. The molecule has 0 fully saturated rings. The van der Waals surface area contributed by atoms with Gasteiger partial charge >= 0.3 is 0 Å². The summed E-state index contributed by atoms with van der Waals surface area (Å²) < 4.78 is 19.5. The minimum atomic E-state index is 0.597. The molecule has 0 unspecified atom stereocenters. The van der Waals surface area contributed by atoms with Crippen molar-refractivity contribution in [3.63, 3.8) is 0 Å². The highest BCUT2D eigenvalue weighted by atomic mass is 16.3. The molecule has 12 aromatic rings. The fraction of sp³-hybridized carbons (Fsp3) is 0. The van der Waals surface area contributed by atoms with E-state index in [-0.39, 0.29) is 0 Å². The molecular formula is C51H30N2O3. The zero-order valence-corrected chi connectivity index (χ0v) is 29.9. The highest BCUT2D eigenvalue weighted by Gasteiger charge is 2.20. The summed E-state index contributed by atoms with van der Waals surface area (Å²) in [7, 11) is 0. The topological polar surface area (TPSA) is 55.6 Å². The van der Waals surface area contributed by atoms with Gasteiger partial charge in [-0.05, 0) is 94.0 Å². The van der Waals surface area contributed by atoms with Gasteiger partial charge in [-0.3, -0.25) is 0 Å². The smallest absolute Gasteiger partial charge is 0.227 e. The van der Waals surface area contributed by atoms with Gasteiger partial charge in [-0.25, -0.2) is 4.98 Å². The van der Waals surface area contributed by atoms with Crippen LogP contribution in [0.3, 0.4) is 0 Å². The molecule has 0 saturated heterocycles. The van der Waals surface area contributed by atoms with Gasteiger partial charge in [0.15, 0.2) is 5.58 Å². The van der Waals surface area contributed by atoms with Crippen LogP contribution in [-0.2, 0) is 0 Å². The zero-order valence-electron chi connectivity index (χ0n) is 29.9. The molecule has 0 radical (unpaired) electrons. The average Bonchev–Trinajstić information content (AvgIpc) is 3.97. The molecule has 0 saturated carbocycles. The lowest BCUT2D eigenvalue weighted by molar-refractivity contribution is 0.623. The third-order valence-corrected chi connectivity index (χ3v) is 11.1. The summed E-state index contributed by atoms with van der Waals surface area (Å²) >= 11 is 0. The Hall–Kier alpha value is -7.63. The molecule has 5 heteroatoms. The van der Waals surface area contributed by atoms with Crippen LogP contribution in [0.1, 0.15) is 0 Å². The van der Waals surface area contributed by atoms with E-state index in [0.717, 1.165) is 105 Å². The maximum Gasteiger partial charge on any atom is 0.227 e. The third-order valence-electron chi connectivity index (χ3n) is 11.1. The first kappa shape index (κ1) is 30.8. The number of para-hydroxylation sites is 2. The van der Waals surface area contributed by atoms with Crippen LogP contribution in [0.2, 0.25) is 0 Å². The van der Waals surface area contributed by atoms with Crippen LogP contribution >= 0.6 is 0 Å². The monoisotopic (exact) mass is 718 g/mol. The Morgan fingerprint density at radius 1 is 0.357 bits per heavy atom. The summed E-state index contributed by atoms with van der Waals surface area (Å²) in [5, 5.41) is 8.67. The van der Waals surface area contributed by atoms with Crippen LogP contribution < -0.4 is 4.90 Å². The van der Waals surface area contributed by atoms with Gasteiger partial charge in [0, 0.05) is 61.7 Å². The number of anilines is 3. The second-order valence-corrected chi connectivity index (χ2v) is 14.3. The van der Waals surface area contributed by atoms with Crippen LogP contribution in [0.5, 0.6) is 0 Å². The number of nitrogens with zero attached hydrogens (tertiary/aromatic N) is 2. The van der Waals surface area contributed by atoms with Gasteiger partial charge in [0.05, 0.1) is 0 Å². The van der Waals surface area contributed by atoms with Gasteiger partial charge in [-0.15, -0.1) is 0 Å². The molecule has 0 aliphatic rings. The predicted octanol–water partition coefficient (Wildman–Crippen LogP) is 14.7. The molecule has 0 bridgehead atoms. The van der Waals surface area contributed by atoms with E-state index >= 15 is 0 Å². The molecule has 3 aromatic heterocycles. The Morgan fingerprint density at radius 3 is 1.57 bits per heavy atom. The average molecular weight is 719 g/mol. The van der Waals surface area contributed by atoms with E-state index < -0.39 is 0 Å². The zero-order chi connectivity index (χ0) is 36.7. The van der Waals surface area contributed by atoms with Crippen LogP contribution in [-0.4, -0.2) is 4.98 Å². The number of benzene rings is 9. The largest absolute Gasteiger partial charge is 0.456 e. The van der Waals surface area contributed by atoms with Crippen molar-refractivity contribution in [3.8, 4) is 22.6 Å². The molecule has 0 atom stereocenters. The molecule has 5 nitrogen and oxygen atoms in total. The van der Waals surface area contributed by atoms with E-state index in [2.05, 4.69) is 157 Å². The van der Waals surface area contributed by atoms with E-state index in [1.807, 2.05) is 30.3 Å². The molecule has 0 aliphatic heterocycles. The molecule has 0 spiro atoms. The second kappa shape index (κ2) is 11.9. The lowest BCUT2D eigenvalue weighted by Crippen LogP contribution is -2.09. The van der Waals surface area contributed by atoms with Gasteiger partial charge in [0.1, 0.15) is 27.8 Å². The Kier molecular flexibility index (Phi) is 6.56. The molecular weight excluding hydrogens is 689 g/mol. The molecule has 262 valence electrons. The molecule has 0 N–H and O–H groups in total. The number of fused-ring (bicyclic) bond motifs is 11. The molecule has 12 rings (SSSR count). The Bertz CT molecular complexity index is 3370. The summed E-state index contributed by atoms with van der Waals surface area (Å²) in [5.41, 5.74) is 11.2. The normalized spacial score (nSPS) is 11.9. The lowest BCUT2D eigenvalue weighted by atomic mass is 10.00. The number of furan rings is 2. The summed E-state index contributed by atoms with van der Waals surface area (Å²) in [4.78, 5) is 7.27. The molecule has 3 heterocycles. The minimum absolute atomic E-state index is 0.597. The van der Waals surface area contributed by atoms with E-state index in [1.165, 1.54) is 5.56 Å². The summed E-state index contributed by atoms with van der Waals surface area (Å²) in [6.45, 7) is 0. The van der Waals surface area contributed by atoms with Crippen molar-refractivity contribution in [1.29, 1.82) is 0 Å². The Labute approximate surface area is 320 Å². The van der Waals surface area contributed by atoms with Crippen molar-refractivity contribution in [1.82, 2.24) is 4.98 Å². The summed E-state index contributed by atoms with van der Waals surface area (Å²) in [5.74, 6) is 0.597. The molecule has 9 aromatic carbocycles. The highest BCUT2D eigenvalue weighted by Crippen LogP contribution is 2.43. The first-order valence-electron chi connectivity index (χ1n) is 18.8. The van der Waals surface area contributed by atoms with Crippen molar-refractivity contribution in [2.45, 2.75) is 0 Å². The van der Waals surface area contributed by atoms with Crippen molar-refractivity contribution < 1.29 is 13.3 Å². The highest BCUT2D eigenvalue weighted by molar-refractivity contribution is 6.19. The fourth-order valence-corrected chi connectivity index (χ4v) is 8.36. The Balaban J connectivity index is 1.05. The molecule has 0 amide bonds. The van der Waals surface area contributed by atoms with Crippen molar-refractivity contribution >= 4 is 93.6 Å². The van der Waals surface area contributed by atoms with E-state index in [1.54, 1.807) is 0 Å². The van der Waals surface area contributed by atoms with Gasteiger partial charge in [-0.1, -0.05) is 103 Å². The van der Waals surface area contributed by atoms with E-state index in [4.69, 9.17) is 18.2 Å². The number of hydrogen-bond acceptors (Lipinski definition) is 5. The lowest BCUT2D eigenvalue weighted by Gasteiger charge is -2.26. The van der Waals surface area contributed by atoms with Crippen LogP contribution in [0.15, 0.2) is 195 Å². The summed E-state index contributed by atoms with van der Waals surface area (Å²) in [6.07, 6.45) is 0. The van der Waals surface area contributed by atoms with Gasteiger partial charge in [0.2, 0.25) is 5.89 Å². The van der Waals surface area contributed by atoms with Crippen molar-refractivity contribution in [2.75, 3.05) is 4.90 Å². The van der Waals surface area contributed by atoms with Gasteiger partial charge < -0.3 is 18.2 Å². The van der Waals surface area contributed by atoms with Gasteiger partial charge in [-0.2, -0.15) is 0 Å². The predicted molar refractivity (Wildman–Crippen MR) is 229 cm³/mol. The van der Waals surface area contributed by atoms with E-state index in [9.17, 15) is 0 Å². The molecule has 0 aliphatic carbocycles. The second-order valence-electron chi connectivity index (χ2n) is 14.3. The SMILES string of the molecule is c1ccc(-c2ccc(-c3nc4ccc5ccc6ccc(N(c7ccc8c(c7)oc7ccccc78)c7ccc8c(c7)oc7ccccc78)cc6c5c4o3)cc2)cc1. The first-order valence-corrected chi connectivity index (χ1v) is 18.8. The minimum Gasteiger partial charge on any atom is -0.456 e. The quantitative estimate of drug-likeness (QED) is 0.166. The fourth-order valence-electron chi connectivity index (χ4n) is 8.36. The number of rotatable bonds is 5. The van der Waals surface area contributed by atoms with Crippen molar-refractivity contribution in [3.05, 3.63) is 182 Å².